The molecule has 5 rings (SSSR count). The van der Waals surface area contributed by atoms with Gasteiger partial charge in [0, 0.05) is 35.6 Å². The molecular weight excluding hydrogens is 328 g/mol. The van der Waals surface area contributed by atoms with Gasteiger partial charge in [-0.3, -0.25) is 5.10 Å². The van der Waals surface area contributed by atoms with Gasteiger partial charge in [-0.05, 0) is 42.7 Å². The van der Waals surface area contributed by atoms with Crippen LogP contribution in [-0.4, -0.2) is 26.1 Å². The van der Waals surface area contributed by atoms with Crippen LogP contribution in [0.2, 0.25) is 0 Å². The molecule has 8 nitrogen and oxygen atoms in total. The SMILES string of the molecule is NC1(c2cc(C3CC3)[nH]n2)C=CNC(=NCc2cnc3[nH]ccc3c2)N1. The zero-order valence-corrected chi connectivity index (χ0v) is 14.2. The largest absolute Gasteiger partial charge is 0.346 e. The van der Waals surface area contributed by atoms with E-state index in [2.05, 4.69) is 41.9 Å². The average Bonchev–Trinajstić information content (AvgIpc) is 3.19. The van der Waals surface area contributed by atoms with Crippen molar-refractivity contribution in [1.29, 1.82) is 0 Å². The molecule has 1 fully saturated rings. The van der Waals surface area contributed by atoms with Gasteiger partial charge in [0.25, 0.3) is 0 Å². The van der Waals surface area contributed by atoms with Crippen LogP contribution in [0.1, 0.15) is 35.7 Å². The van der Waals surface area contributed by atoms with Gasteiger partial charge in [0.05, 0.1) is 6.54 Å². The fraction of sp³-hybridized carbons (Fsp3) is 0.278. The highest BCUT2D eigenvalue weighted by atomic mass is 15.3. The summed E-state index contributed by atoms with van der Waals surface area (Å²) < 4.78 is 0. The molecule has 0 aromatic carbocycles. The number of aromatic nitrogens is 4. The number of hydrogen-bond donors (Lipinski definition) is 5. The van der Waals surface area contributed by atoms with Gasteiger partial charge in [-0.2, -0.15) is 5.10 Å². The Morgan fingerprint density at radius 3 is 3.12 bits per heavy atom. The van der Waals surface area contributed by atoms with E-state index >= 15 is 0 Å². The first-order valence-corrected chi connectivity index (χ1v) is 8.73. The van der Waals surface area contributed by atoms with Gasteiger partial charge in [-0.15, -0.1) is 0 Å². The van der Waals surface area contributed by atoms with Gasteiger partial charge < -0.3 is 21.4 Å². The Labute approximate surface area is 150 Å². The van der Waals surface area contributed by atoms with Gasteiger partial charge in [-0.1, -0.05) is 0 Å². The Balaban J connectivity index is 1.34. The molecule has 0 spiro atoms. The van der Waals surface area contributed by atoms with Gasteiger partial charge in [0.1, 0.15) is 11.3 Å². The lowest BCUT2D eigenvalue weighted by Crippen LogP contribution is -2.57. The summed E-state index contributed by atoms with van der Waals surface area (Å²) in [4.78, 5) is 12.1. The van der Waals surface area contributed by atoms with Crippen molar-refractivity contribution in [2.75, 3.05) is 0 Å². The molecule has 3 aromatic heterocycles. The molecule has 2 aliphatic rings. The summed E-state index contributed by atoms with van der Waals surface area (Å²) in [5, 5.41) is 14.9. The van der Waals surface area contributed by atoms with Crippen LogP contribution in [0.3, 0.4) is 0 Å². The Morgan fingerprint density at radius 1 is 1.31 bits per heavy atom. The van der Waals surface area contributed by atoms with E-state index in [-0.39, 0.29) is 0 Å². The molecule has 1 aliphatic carbocycles. The van der Waals surface area contributed by atoms with Crippen LogP contribution in [0.4, 0.5) is 0 Å². The minimum absolute atomic E-state index is 0.501. The lowest BCUT2D eigenvalue weighted by Gasteiger charge is -2.30. The molecule has 1 aliphatic heterocycles. The Kier molecular flexibility index (Phi) is 3.32. The van der Waals surface area contributed by atoms with Crippen molar-refractivity contribution in [2.24, 2.45) is 10.7 Å². The number of rotatable bonds is 4. The van der Waals surface area contributed by atoms with E-state index < -0.39 is 5.66 Å². The van der Waals surface area contributed by atoms with E-state index in [0.717, 1.165) is 28.0 Å². The Morgan fingerprint density at radius 2 is 2.23 bits per heavy atom. The molecule has 4 heterocycles. The first kappa shape index (κ1) is 15.2. The summed E-state index contributed by atoms with van der Waals surface area (Å²) in [6.07, 6.45) is 9.80. The van der Waals surface area contributed by atoms with Crippen molar-refractivity contribution in [3.05, 3.63) is 59.8 Å². The maximum Gasteiger partial charge on any atom is 0.197 e. The second-order valence-corrected chi connectivity index (χ2v) is 6.88. The number of nitrogens with one attached hydrogen (secondary N) is 4. The smallest absolute Gasteiger partial charge is 0.197 e. The Hall–Kier alpha value is -3.13. The maximum atomic E-state index is 6.52. The van der Waals surface area contributed by atoms with Crippen LogP contribution < -0.4 is 16.4 Å². The summed E-state index contributed by atoms with van der Waals surface area (Å²) in [5.41, 5.74) is 9.47. The molecule has 1 unspecified atom stereocenters. The molecule has 0 saturated heterocycles. The zero-order chi connectivity index (χ0) is 17.6. The molecule has 1 atom stereocenters. The van der Waals surface area contributed by atoms with Gasteiger partial charge in [-0.25, -0.2) is 9.98 Å². The molecule has 0 radical (unpaired) electrons. The number of guanidine groups is 1. The van der Waals surface area contributed by atoms with Crippen molar-refractivity contribution >= 4 is 17.0 Å². The van der Waals surface area contributed by atoms with E-state index in [4.69, 9.17) is 5.73 Å². The predicted molar refractivity (Wildman–Crippen MR) is 99.1 cm³/mol. The zero-order valence-electron chi connectivity index (χ0n) is 14.2. The molecule has 8 heteroatoms. The van der Waals surface area contributed by atoms with Gasteiger partial charge in [0.15, 0.2) is 11.6 Å². The van der Waals surface area contributed by atoms with Crippen LogP contribution in [0.25, 0.3) is 11.0 Å². The quantitative estimate of drug-likeness (QED) is 0.490. The third-order valence-electron chi connectivity index (χ3n) is 4.81. The molecule has 0 bridgehead atoms. The number of H-pyrrole nitrogens is 2. The second kappa shape index (κ2) is 5.70. The first-order chi connectivity index (χ1) is 12.7. The molecule has 3 aromatic rings. The van der Waals surface area contributed by atoms with E-state index in [1.165, 1.54) is 12.8 Å². The maximum absolute atomic E-state index is 6.52. The summed E-state index contributed by atoms with van der Waals surface area (Å²) >= 11 is 0. The van der Waals surface area contributed by atoms with Crippen molar-refractivity contribution in [3.8, 4) is 0 Å². The third-order valence-corrected chi connectivity index (χ3v) is 4.81. The number of hydrogen-bond acceptors (Lipinski definition) is 4. The normalized spacial score (nSPS) is 24.0. The molecule has 132 valence electrons. The number of nitrogens with two attached hydrogens (primary N) is 1. The van der Waals surface area contributed by atoms with Crippen molar-refractivity contribution < 1.29 is 0 Å². The van der Waals surface area contributed by atoms with Gasteiger partial charge in [0.2, 0.25) is 0 Å². The third kappa shape index (κ3) is 2.74. The average molecular weight is 348 g/mol. The summed E-state index contributed by atoms with van der Waals surface area (Å²) in [6, 6.07) is 6.12. The first-order valence-electron chi connectivity index (χ1n) is 8.73. The fourth-order valence-electron chi connectivity index (χ4n) is 3.15. The number of nitrogens with zero attached hydrogens (tertiary/aromatic N) is 3. The Bertz CT molecular complexity index is 1010. The standard InChI is InChI=1S/C18H20N8/c19-18(15-8-14(25-26-15)12-1-2-12)4-6-21-17(24-18)23-10-11-7-13-3-5-20-16(13)22-9-11/h3-9,12H,1-2,10,19H2,(H,20,22)(H,25,26)(H2,21,23,24). The number of aromatic amines is 2. The van der Waals surface area contributed by atoms with E-state index in [1.54, 1.807) is 6.20 Å². The van der Waals surface area contributed by atoms with E-state index in [0.29, 0.717) is 18.4 Å². The monoisotopic (exact) mass is 348 g/mol. The van der Waals surface area contributed by atoms with Crippen LogP contribution in [0.5, 0.6) is 0 Å². The molecular formula is C18H20N8. The summed E-state index contributed by atoms with van der Waals surface area (Å²) in [7, 11) is 0. The predicted octanol–water partition coefficient (Wildman–Crippen LogP) is 1.54. The van der Waals surface area contributed by atoms with E-state index in [9.17, 15) is 0 Å². The van der Waals surface area contributed by atoms with Crippen LogP contribution in [0.15, 0.2) is 47.9 Å². The minimum Gasteiger partial charge on any atom is -0.346 e. The summed E-state index contributed by atoms with van der Waals surface area (Å²) in [6.45, 7) is 0.501. The highest BCUT2D eigenvalue weighted by Crippen LogP contribution is 2.39. The molecule has 6 N–H and O–H groups in total. The fourth-order valence-corrected chi connectivity index (χ4v) is 3.15. The van der Waals surface area contributed by atoms with Crippen molar-refractivity contribution in [1.82, 2.24) is 30.8 Å². The highest BCUT2D eigenvalue weighted by molar-refractivity contribution is 5.83. The molecule has 26 heavy (non-hydrogen) atoms. The van der Waals surface area contributed by atoms with Crippen molar-refractivity contribution in [2.45, 2.75) is 31.0 Å². The lowest BCUT2D eigenvalue weighted by atomic mass is 10.1. The highest BCUT2D eigenvalue weighted by Gasteiger charge is 2.33. The number of fused-ring (bicyclic) bond motifs is 1. The molecule has 0 amide bonds. The van der Waals surface area contributed by atoms with Crippen LogP contribution in [0, 0.1) is 0 Å². The van der Waals surface area contributed by atoms with Crippen LogP contribution >= 0.6 is 0 Å². The second-order valence-electron chi connectivity index (χ2n) is 6.88. The lowest BCUT2D eigenvalue weighted by molar-refractivity contribution is 0.483. The van der Waals surface area contributed by atoms with E-state index in [1.807, 2.05) is 30.6 Å². The van der Waals surface area contributed by atoms with Gasteiger partial charge >= 0.3 is 0 Å². The molecule has 1 saturated carbocycles. The number of aliphatic imine (C=N–C) groups is 1. The topological polar surface area (TPSA) is 120 Å². The summed E-state index contributed by atoms with van der Waals surface area (Å²) in [5.74, 6) is 1.22. The van der Waals surface area contributed by atoms with Crippen molar-refractivity contribution in [3.63, 3.8) is 0 Å². The minimum atomic E-state index is -0.878. The van der Waals surface area contributed by atoms with Crippen LogP contribution in [-0.2, 0) is 12.2 Å². The number of pyridine rings is 1.